The first kappa shape index (κ1) is 28.4. The van der Waals surface area contributed by atoms with E-state index in [2.05, 4.69) is 0 Å². The third-order valence-corrected chi connectivity index (χ3v) is 8.49. The molecular formula is C34H35ClF2O3. The number of aryl methyl sites for hydroxylation is 1. The second kappa shape index (κ2) is 13.0. The van der Waals surface area contributed by atoms with Gasteiger partial charge in [0, 0.05) is 10.6 Å². The van der Waals surface area contributed by atoms with Gasteiger partial charge in [0.25, 0.3) is 0 Å². The van der Waals surface area contributed by atoms with Crippen molar-refractivity contribution in [3.05, 3.63) is 99.3 Å². The van der Waals surface area contributed by atoms with Gasteiger partial charge in [-0.2, -0.15) is 0 Å². The quantitative estimate of drug-likeness (QED) is 0.277. The molecule has 2 aliphatic carbocycles. The van der Waals surface area contributed by atoms with Gasteiger partial charge in [-0.05, 0) is 128 Å². The Bertz CT molecular complexity index is 1400. The highest BCUT2D eigenvalue weighted by atomic mass is 35.5. The van der Waals surface area contributed by atoms with Gasteiger partial charge in [0.15, 0.2) is 0 Å². The van der Waals surface area contributed by atoms with Crippen LogP contribution in [0.15, 0.2) is 60.7 Å². The van der Waals surface area contributed by atoms with Gasteiger partial charge < -0.3 is 9.84 Å². The van der Waals surface area contributed by atoms with E-state index in [9.17, 15) is 14.3 Å². The van der Waals surface area contributed by atoms with Crippen LogP contribution in [0.2, 0.25) is 5.02 Å². The number of halogens is 3. The molecule has 0 saturated heterocycles. The minimum atomic E-state index is -0.965. The van der Waals surface area contributed by atoms with Crippen LogP contribution in [0.25, 0.3) is 11.1 Å². The average Bonchev–Trinajstić information content (AvgIpc) is 3.28. The Kier molecular flexibility index (Phi) is 9.21. The maximum absolute atomic E-state index is 15.3. The summed E-state index contributed by atoms with van der Waals surface area (Å²) in [5.41, 5.74) is 5.27. The molecule has 6 heteroatoms. The van der Waals surface area contributed by atoms with Crippen LogP contribution in [-0.2, 0) is 6.42 Å². The summed E-state index contributed by atoms with van der Waals surface area (Å²) in [6, 6.07) is 17.9. The number of aromatic carboxylic acids is 1. The van der Waals surface area contributed by atoms with E-state index in [1.807, 2.05) is 30.3 Å². The molecule has 5 rings (SSSR count). The van der Waals surface area contributed by atoms with Crippen molar-refractivity contribution in [2.75, 3.05) is 6.67 Å². The third kappa shape index (κ3) is 6.58. The summed E-state index contributed by atoms with van der Waals surface area (Å²) in [6.07, 6.45) is 8.95. The second-order valence-electron chi connectivity index (χ2n) is 11.0. The smallest absolute Gasteiger partial charge is 0.335 e. The zero-order valence-electron chi connectivity index (χ0n) is 22.6. The minimum absolute atomic E-state index is 0.104. The lowest BCUT2D eigenvalue weighted by atomic mass is 9.87. The lowest BCUT2D eigenvalue weighted by Crippen LogP contribution is -2.15. The Morgan fingerprint density at radius 3 is 2.60 bits per heavy atom. The highest BCUT2D eigenvalue weighted by Gasteiger charge is 2.24. The number of carboxylic acid groups (broad SMARTS) is 1. The highest BCUT2D eigenvalue weighted by Crippen LogP contribution is 2.42. The number of carbonyl (C=O) groups is 1. The molecular weight excluding hydrogens is 530 g/mol. The molecule has 0 heterocycles. The van der Waals surface area contributed by atoms with Crippen molar-refractivity contribution in [2.24, 2.45) is 5.92 Å². The molecule has 3 aromatic carbocycles. The molecule has 40 heavy (non-hydrogen) atoms. The monoisotopic (exact) mass is 564 g/mol. The summed E-state index contributed by atoms with van der Waals surface area (Å²) in [5, 5.41) is 9.94. The number of ether oxygens (including phenoxy) is 1. The van der Waals surface area contributed by atoms with Crippen LogP contribution in [0, 0.1) is 11.7 Å². The van der Waals surface area contributed by atoms with Gasteiger partial charge in [-0.1, -0.05) is 42.3 Å². The number of hydrogen-bond acceptors (Lipinski definition) is 2. The van der Waals surface area contributed by atoms with Gasteiger partial charge in [0.05, 0.1) is 18.3 Å². The van der Waals surface area contributed by atoms with E-state index < -0.39 is 5.97 Å². The molecule has 2 atom stereocenters. The molecule has 1 saturated carbocycles. The number of rotatable bonds is 8. The Morgan fingerprint density at radius 2 is 1.80 bits per heavy atom. The van der Waals surface area contributed by atoms with Crippen LogP contribution < -0.4 is 4.74 Å². The Hall–Kier alpha value is -3.18. The van der Waals surface area contributed by atoms with Crippen molar-refractivity contribution < 1.29 is 23.4 Å². The summed E-state index contributed by atoms with van der Waals surface area (Å²) in [7, 11) is 0. The van der Waals surface area contributed by atoms with Crippen LogP contribution in [-0.4, -0.2) is 23.9 Å². The predicted octanol–water partition coefficient (Wildman–Crippen LogP) is 9.55. The van der Waals surface area contributed by atoms with Crippen LogP contribution in [0.3, 0.4) is 0 Å². The maximum Gasteiger partial charge on any atom is 0.335 e. The zero-order valence-corrected chi connectivity index (χ0v) is 23.4. The van der Waals surface area contributed by atoms with Crippen molar-refractivity contribution in [3.63, 3.8) is 0 Å². The lowest BCUT2D eigenvalue weighted by molar-refractivity contribution is 0.0696. The zero-order chi connectivity index (χ0) is 28.1. The molecule has 0 aromatic heterocycles. The van der Waals surface area contributed by atoms with E-state index in [0.29, 0.717) is 35.8 Å². The van der Waals surface area contributed by atoms with Gasteiger partial charge in [0.1, 0.15) is 11.6 Å². The molecule has 1 fully saturated rings. The number of fused-ring (bicyclic) bond motifs is 1. The first-order valence-corrected chi connectivity index (χ1v) is 14.7. The summed E-state index contributed by atoms with van der Waals surface area (Å²) < 4.78 is 34.5. The summed E-state index contributed by atoms with van der Waals surface area (Å²) in [6.45, 7) is -0.248. The summed E-state index contributed by atoms with van der Waals surface area (Å²) in [5.74, 6) is -0.0111. The fraction of sp³-hybridized carbons (Fsp3) is 0.382. The molecule has 3 nitrogen and oxygen atoms in total. The highest BCUT2D eigenvalue weighted by molar-refractivity contribution is 6.30. The maximum atomic E-state index is 15.3. The number of alkyl halides is 1. The van der Waals surface area contributed by atoms with Gasteiger partial charge >= 0.3 is 5.97 Å². The van der Waals surface area contributed by atoms with Gasteiger partial charge in [-0.25, -0.2) is 9.18 Å². The Balaban J connectivity index is 1.53. The Labute approximate surface area is 239 Å². The first-order chi connectivity index (χ1) is 19.4. The Morgan fingerprint density at radius 1 is 0.950 bits per heavy atom. The fourth-order valence-electron chi connectivity index (χ4n) is 6.29. The summed E-state index contributed by atoms with van der Waals surface area (Å²) in [4.78, 5) is 11.7. The normalized spacial score (nSPS) is 19.5. The first-order valence-electron chi connectivity index (χ1n) is 14.3. The topological polar surface area (TPSA) is 46.5 Å². The average molecular weight is 565 g/mol. The lowest BCUT2D eigenvalue weighted by Gasteiger charge is -2.20. The molecule has 1 unspecified atom stereocenters. The molecule has 2 aliphatic rings. The van der Waals surface area contributed by atoms with Gasteiger partial charge in [0.2, 0.25) is 0 Å². The molecule has 3 aromatic rings. The predicted molar refractivity (Wildman–Crippen MR) is 156 cm³/mol. The molecule has 210 valence electrons. The molecule has 0 bridgehead atoms. The van der Waals surface area contributed by atoms with Crippen LogP contribution in [0.5, 0.6) is 5.75 Å². The second-order valence-corrected chi connectivity index (χ2v) is 11.4. The van der Waals surface area contributed by atoms with Crippen molar-refractivity contribution in [1.82, 2.24) is 0 Å². The van der Waals surface area contributed by atoms with E-state index in [1.165, 1.54) is 6.07 Å². The van der Waals surface area contributed by atoms with Crippen molar-refractivity contribution in [1.29, 1.82) is 0 Å². The standard InChI is InChI=1S/C34H35ClF2O3/c35-26-14-17-30(32(37)21-26)31-11-3-7-23-19-25(34(38)39)13-16-29(23)33(31)24-8-2-10-28(20-24)40-27-9-1-5-22(12-15-27)6-4-18-36/h2,8,10,13-14,16-17,19-22,27H,1,3-7,9,11-12,15,18H2,(H,38,39)/t22?,27-/m0/s1. The molecule has 0 radical (unpaired) electrons. The van der Waals surface area contributed by atoms with E-state index >= 15 is 4.39 Å². The van der Waals surface area contributed by atoms with Crippen molar-refractivity contribution in [3.8, 4) is 5.75 Å². The largest absolute Gasteiger partial charge is 0.490 e. The van der Waals surface area contributed by atoms with E-state index in [0.717, 1.165) is 78.5 Å². The number of hydrogen-bond donors (Lipinski definition) is 1. The number of benzene rings is 3. The van der Waals surface area contributed by atoms with E-state index in [-0.39, 0.29) is 24.2 Å². The fourth-order valence-corrected chi connectivity index (χ4v) is 6.45. The summed E-state index contributed by atoms with van der Waals surface area (Å²) >= 11 is 6.08. The van der Waals surface area contributed by atoms with Crippen LogP contribution in [0.1, 0.15) is 90.4 Å². The molecule has 0 aliphatic heterocycles. The molecule has 1 N–H and O–H groups in total. The van der Waals surface area contributed by atoms with E-state index in [4.69, 9.17) is 16.3 Å². The van der Waals surface area contributed by atoms with Gasteiger partial charge in [-0.3, -0.25) is 4.39 Å². The van der Waals surface area contributed by atoms with Crippen molar-refractivity contribution in [2.45, 2.75) is 70.3 Å². The molecule has 0 amide bonds. The number of carboxylic acids is 1. The third-order valence-electron chi connectivity index (χ3n) is 8.26. The molecule has 0 spiro atoms. The van der Waals surface area contributed by atoms with Crippen LogP contribution >= 0.6 is 11.6 Å². The minimum Gasteiger partial charge on any atom is -0.490 e. The van der Waals surface area contributed by atoms with Crippen LogP contribution in [0.4, 0.5) is 8.78 Å². The SMILES string of the molecule is O=C(O)c1ccc2c(c1)CCCC(c1ccc(Cl)cc1F)=C2c1cccc(O[C@H]2CCCC(CCCF)CC2)c1. The number of allylic oxidation sites excluding steroid dienone is 1. The van der Waals surface area contributed by atoms with E-state index in [1.54, 1.807) is 24.3 Å². The van der Waals surface area contributed by atoms with Crippen molar-refractivity contribution >= 4 is 28.7 Å². The van der Waals surface area contributed by atoms with Gasteiger partial charge in [-0.15, -0.1) is 0 Å².